The molecule has 1 aromatic heterocycles. The smallest absolute Gasteiger partial charge is 0.277 e. The minimum atomic E-state index is -3.83. The number of benzene rings is 1. The zero-order valence-electron chi connectivity index (χ0n) is 15.2. The van der Waals surface area contributed by atoms with Crippen molar-refractivity contribution in [1.82, 2.24) is 14.6 Å². The van der Waals surface area contributed by atoms with Crippen LogP contribution in [0.3, 0.4) is 0 Å². The molecule has 3 fully saturated rings. The standard InChI is InChI=1S/C19H24BN3O2S/c1-12-3-4-17-16(9-12)15(5-7-21-17)19(22-26(20,24)25)18-10-14-6-8-23(18)11-13(14)2/h3-5,7,9,13-14,18-19,22H,6,8,10-11H2,1-2H3/t13?,14?,18?,19-/m0/s1. The number of piperidine rings is 3. The van der Waals surface area contributed by atoms with Crippen molar-refractivity contribution in [3.05, 3.63) is 41.6 Å². The first kappa shape index (κ1) is 18.0. The van der Waals surface area contributed by atoms with Crippen LogP contribution in [0.4, 0.5) is 0 Å². The average Bonchev–Trinajstić information content (AvgIpc) is 2.59. The maximum Gasteiger partial charge on any atom is 0.277 e. The van der Waals surface area contributed by atoms with E-state index in [-0.39, 0.29) is 12.1 Å². The third-order valence-corrected chi connectivity index (χ3v) is 6.65. The minimum Gasteiger partial charge on any atom is -0.298 e. The molecule has 3 aliphatic rings. The Hall–Kier alpha value is -1.44. The SMILES string of the molecule is [B]S(=O)(=O)N[C@@H](c1ccnc2ccc(C)cc12)C1CC2CCN1CC2C. The highest BCUT2D eigenvalue weighted by atomic mass is 32.2. The fourth-order valence-electron chi connectivity index (χ4n) is 4.76. The number of nitrogens with one attached hydrogen (secondary N) is 1. The van der Waals surface area contributed by atoms with Crippen molar-refractivity contribution >= 4 is 27.9 Å². The first-order valence-corrected chi connectivity index (χ1v) is 10.8. The molecule has 3 aliphatic heterocycles. The van der Waals surface area contributed by atoms with E-state index in [2.05, 4.69) is 27.6 Å². The number of aryl methyl sites for hydroxylation is 1. The molecule has 4 heterocycles. The maximum atomic E-state index is 12.0. The Morgan fingerprint density at radius 1 is 1.35 bits per heavy atom. The summed E-state index contributed by atoms with van der Waals surface area (Å²) in [7, 11) is 1.58. The summed E-state index contributed by atoms with van der Waals surface area (Å²) in [5, 5.41) is 0.990. The van der Waals surface area contributed by atoms with E-state index in [4.69, 9.17) is 7.12 Å². The molecule has 5 atom stereocenters. The molecule has 2 radical (unpaired) electrons. The zero-order valence-corrected chi connectivity index (χ0v) is 16.0. The van der Waals surface area contributed by atoms with E-state index < -0.39 is 9.87 Å². The van der Waals surface area contributed by atoms with Crippen LogP contribution in [0.2, 0.25) is 0 Å². The predicted molar refractivity (Wildman–Crippen MR) is 104 cm³/mol. The van der Waals surface area contributed by atoms with E-state index >= 15 is 0 Å². The average molecular weight is 369 g/mol. The topological polar surface area (TPSA) is 62.3 Å². The highest BCUT2D eigenvalue weighted by Crippen LogP contribution is 2.41. The lowest BCUT2D eigenvalue weighted by atomic mass is 9.74. The molecule has 2 aromatic rings. The monoisotopic (exact) mass is 369 g/mol. The quantitative estimate of drug-likeness (QED) is 0.841. The van der Waals surface area contributed by atoms with Crippen LogP contribution in [-0.2, 0) is 9.87 Å². The largest absolute Gasteiger partial charge is 0.298 e. The minimum absolute atomic E-state index is 0.120. The zero-order chi connectivity index (χ0) is 18.5. The molecule has 7 heteroatoms. The van der Waals surface area contributed by atoms with Crippen LogP contribution in [0.1, 0.15) is 36.9 Å². The molecule has 1 N–H and O–H groups in total. The van der Waals surface area contributed by atoms with Crippen LogP contribution in [0, 0.1) is 18.8 Å². The van der Waals surface area contributed by atoms with Crippen molar-refractivity contribution < 1.29 is 8.42 Å². The third-order valence-electron chi connectivity index (χ3n) is 6.07. The van der Waals surface area contributed by atoms with E-state index in [1.807, 2.05) is 25.1 Å². The summed E-state index contributed by atoms with van der Waals surface area (Å²) >= 11 is 0. The number of pyridine rings is 1. The first-order chi connectivity index (χ1) is 12.3. The fourth-order valence-corrected chi connectivity index (χ4v) is 5.40. The van der Waals surface area contributed by atoms with E-state index in [1.165, 1.54) is 6.42 Å². The normalized spacial score (nSPS) is 29.8. The Labute approximate surface area is 156 Å². The van der Waals surface area contributed by atoms with Gasteiger partial charge in [-0.3, -0.25) is 9.88 Å². The highest BCUT2D eigenvalue weighted by molar-refractivity contribution is 8.10. The number of hydrogen-bond acceptors (Lipinski definition) is 4. The molecule has 5 rings (SSSR count). The van der Waals surface area contributed by atoms with Gasteiger partial charge in [0, 0.05) is 24.2 Å². The molecule has 2 bridgehead atoms. The van der Waals surface area contributed by atoms with E-state index in [0.29, 0.717) is 11.8 Å². The summed E-state index contributed by atoms with van der Waals surface area (Å²) in [6.45, 7) is 6.36. The van der Waals surface area contributed by atoms with Crippen LogP contribution < -0.4 is 4.72 Å². The first-order valence-electron chi connectivity index (χ1n) is 9.21. The van der Waals surface area contributed by atoms with Gasteiger partial charge >= 0.3 is 0 Å². The van der Waals surface area contributed by atoms with Gasteiger partial charge in [-0.1, -0.05) is 18.6 Å². The van der Waals surface area contributed by atoms with Crippen LogP contribution in [-0.4, -0.2) is 44.6 Å². The van der Waals surface area contributed by atoms with Crippen molar-refractivity contribution in [2.75, 3.05) is 13.1 Å². The third kappa shape index (κ3) is 3.40. The van der Waals surface area contributed by atoms with Gasteiger partial charge in [0.1, 0.15) is 9.87 Å². The molecule has 136 valence electrons. The van der Waals surface area contributed by atoms with E-state index in [1.54, 1.807) is 6.20 Å². The molecule has 26 heavy (non-hydrogen) atoms. The molecular weight excluding hydrogens is 345 g/mol. The van der Waals surface area contributed by atoms with Gasteiger partial charge in [0.25, 0.3) is 7.12 Å². The Morgan fingerprint density at radius 3 is 2.81 bits per heavy atom. The lowest BCUT2D eigenvalue weighted by Crippen LogP contribution is -2.57. The van der Waals surface area contributed by atoms with Gasteiger partial charge in [-0.05, 0) is 61.9 Å². The summed E-state index contributed by atoms with van der Waals surface area (Å²) in [5.41, 5.74) is 2.96. The number of fused-ring (bicyclic) bond motifs is 4. The maximum absolute atomic E-state index is 12.0. The highest BCUT2D eigenvalue weighted by Gasteiger charge is 2.42. The molecule has 5 nitrogen and oxygen atoms in total. The van der Waals surface area contributed by atoms with Gasteiger partial charge in [0.15, 0.2) is 0 Å². The van der Waals surface area contributed by atoms with Crippen molar-refractivity contribution in [3.8, 4) is 0 Å². The number of aromatic nitrogens is 1. The van der Waals surface area contributed by atoms with Gasteiger partial charge in [-0.2, -0.15) is 0 Å². The Balaban J connectivity index is 1.81. The molecule has 0 saturated carbocycles. The summed E-state index contributed by atoms with van der Waals surface area (Å²) < 4.78 is 26.7. The van der Waals surface area contributed by atoms with Gasteiger partial charge in [0.2, 0.25) is 0 Å². The Morgan fingerprint density at radius 2 is 2.15 bits per heavy atom. The molecule has 0 spiro atoms. The van der Waals surface area contributed by atoms with Gasteiger partial charge in [-0.25, -0.2) is 13.1 Å². The molecule has 3 saturated heterocycles. The summed E-state index contributed by atoms with van der Waals surface area (Å²) in [6.07, 6.45) is 3.93. The Kier molecular flexibility index (Phi) is 4.57. The molecule has 1 aromatic carbocycles. The summed E-state index contributed by atoms with van der Waals surface area (Å²) in [6, 6.07) is 7.76. The van der Waals surface area contributed by atoms with E-state index in [0.717, 1.165) is 41.5 Å². The number of nitrogens with zero attached hydrogens (tertiary/aromatic N) is 2. The van der Waals surface area contributed by atoms with Crippen molar-refractivity contribution in [3.63, 3.8) is 0 Å². The number of hydrogen-bond donors (Lipinski definition) is 1. The molecule has 0 amide bonds. The van der Waals surface area contributed by atoms with Crippen molar-refractivity contribution in [2.45, 2.75) is 38.8 Å². The van der Waals surface area contributed by atoms with Gasteiger partial charge in [-0.15, -0.1) is 0 Å². The molecule has 4 unspecified atom stereocenters. The number of rotatable bonds is 4. The second kappa shape index (κ2) is 6.62. The van der Waals surface area contributed by atoms with Crippen LogP contribution in [0.25, 0.3) is 10.9 Å². The van der Waals surface area contributed by atoms with Crippen LogP contribution in [0.15, 0.2) is 30.5 Å². The predicted octanol–water partition coefficient (Wildman–Crippen LogP) is 2.32. The second-order valence-corrected chi connectivity index (χ2v) is 9.21. The summed E-state index contributed by atoms with van der Waals surface area (Å²) in [4.78, 5) is 6.87. The van der Waals surface area contributed by atoms with Crippen molar-refractivity contribution in [2.24, 2.45) is 11.8 Å². The van der Waals surface area contributed by atoms with E-state index in [9.17, 15) is 8.42 Å². The lowest BCUT2D eigenvalue weighted by Gasteiger charge is -2.51. The van der Waals surface area contributed by atoms with Crippen LogP contribution in [0.5, 0.6) is 0 Å². The van der Waals surface area contributed by atoms with Gasteiger partial charge < -0.3 is 0 Å². The van der Waals surface area contributed by atoms with Crippen LogP contribution >= 0.6 is 0 Å². The summed E-state index contributed by atoms with van der Waals surface area (Å²) in [5.74, 6) is 1.30. The lowest BCUT2D eigenvalue weighted by molar-refractivity contribution is -0.00487. The molecular formula is C19H24BN3O2S. The Bertz CT molecular complexity index is 934. The molecule has 0 aliphatic carbocycles. The second-order valence-electron chi connectivity index (χ2n) is 7.89. The van der Waals surface area contributed by atoms with Gasteiger partial charge in [0.05, 0.1) is 11.6 Å². The van der Waals surface area contributed by atoms with Crippen molar-refractivity contribution in [1.29, 1.82) is 0 Å². The fraction of sp³-hybridized carbons (Fsp3) is 0.526.